The molecule has 0 saturated heterocycles. The lowest BCUT2D eigenvalue weighted by atomic mass is 9.71. The van der Waals surface area contributed by atoms with Crippen LogP contribution in [0.5, 0.6) is 0 Å². The molecular formula is C23H30. The summed E-state index contributed by atoms with van der Waals surface area (Å²) in [7, 11) is 0. The van der Waals surface area contributed by atoms with Gasteiger partial charge in [-0.2, -0.15) is 0 Å². The number of hydrogen-bond donors (Lipinski definition) is 0. The molecule has 0 atom stereocenters. The van der Waals surface area contributed by atoms with E-state index in [0.717, 1.165) is 18.4 Å². The van der Waals surface area contributed by atoms with Crippen molar-refractivity contribution in [1.29, 1.82) is 0 Å². The summed E-state index contributed by atoms with van der Waals surface area (Å²) in [5.41, 5.74) is 3.09. The molecule has 23 heavy (non-hydrogen) atoms. The molecule has 0 unspecified atom stereocenters. The standard InChI is InChI=1S/C23H30/c1-16-6-7-21(14-17(16)2)22-9-8-20(15-18(22)3)19-10-12-23(4,5)13-11-19/h6-9,14-15,19H,10-13H2,1-5H3/i2D3,3D3,19D. The highest BCUT2D eigenvalue weighted by atomic mass is 14.3. The van der Waals surface area contributed by atoms with Gasteiger partial charge in [-0.3, -0.25) is 0 Å². The zero-order chi connectivity index (χ0) is 22.5. The number of benzene rings is 2. The molecule has 1 aliphatic carbocycles. The minimum atomic E-state index is -2.36. The SMILES string of the molecule is [2H]C([2H])([2H])c1cc(-c2ccc(C3([2H])CCC(C)(C)CC3)cc2C([2H])([2H])[2H])ccc1C. The van der Waals surface area contributed by atoms with Crippen molar-refractivity contribution in [2.24, 2.45) is 5.41 Å². The molecule has 1 fully saturated rings. The Balaban J connectivity index is 2.10. The van der Waals surface area contributed by atoms with Gasteiger partial charge in [0, 0.05) is 9.60 Å². The van der Waals surface area contributed by atoms with Crippen LogP contribution in [0.3, 0.4) is 0 Å². The van der Waals surface area contributed by atoms with Crippen LogP contribution in [0.25, 0.3) is 11.1 Å². The van der Waals surface area contributed by atoms with Gasteiger partial charge >= 0.3 is 0 Å². The molecule has 0 aliphatic heterocycles. The second kappa shape index (κ2) is 6.15. The maximum Gasteiger partial charge on any atom is 0.0352 e. The summed E-state index contributed by atoms with van der Waals surface area (Å²) in [6, 6.07) is 10.3. The second-order valence-electron chi connectivity index (χ2n) is 7.56. The Kier molecular flexibility index (Phi) is 2.58. The Morgan fingerprint density at radius 3 is 2.39 bits per heavy atom. The van der Waals surface area contributed by atoms with Crippen LogP contribution < -0.4 is 0 Å². The van der Waals surface area contributed by atoms with Gasteiger partial charge in [-0.25, -0.2) is 0 Å². The van der Waals surface area contributed by atoms with E-state index in [2.05, 4.69) is 13.8 Å². The molecule has 1 aliphatic rings. The van der Waals surface area contributed by atoms with Crippen LogP contribution in [-0.2, 0) is 0 Å². The van der Waals surface area contributed by atoms with Gasteiger partial charge in [0.2, 0.25) is 0 Å². The first-order chi connectivity index (χ1) is 13.6. The molecule has 0 nitrogen and oxygen atoms in total. The van der Waals surface area contributed by atoms with Gasteiger partial charge < -0.3 is 0 Å². The van der Waals surface area contributed by atoms with Crippen molar-refractivity contribution in [2.75, 3.05) is 0 Å². The van der Waals surface area contributed by atoms with E-state index < -0.39 is 19.6 Å². The minimum absolute atomic E-state index is 0.178. The number of rotatable bonds is 2. The van der Waals surface area contributed by atoms with Crippen molar-refractivity contribution in [1.82, 2.24) is 0 Å². The Labute approximate surface area is 151 Å². The minimum Gasteiger partial charge on any atom is -0.0599 e. The van der Waals surface area contributed by atoms with E-state index in [4.69, 9.17) is 9.60 Å². The van der Waals surface area contributed by atoms with Crippen LogP contribution in [-0.4, -0.2) is 0 Å². The number of aryl methyl sites for hydroxylation is 3. The zero-order valence-corrected chi connectivity index (χ0v) is 14.3. The molecular weight excluding hydrogens is 276 g/mol. The Morgan fingerprint density at radius 1 is 0.957 bits per heavy atom. The molecule has 2 aromatic rings. The molecule has 2 aromatic carbocycles. The van der Waals surface area contributed by atoms with Crippen LogP contribution in [0.2, 0.25) is 0 Å². The third-order valence-corrected chi connectivity index (χ3v) is 5.18. The molecule has 0 radical (unpaired) electrons. The monoisotopic (exact) mass is 313 g/mol. The lowest BCUT2D eigenvalue weighted by Gasteiger charge is -2.34. The smallest absolute Gasteiger partial charge is 0.0352 e. The summed E-state index contributed by atoms with van der Waals surface area (Å²) >= 11 is 0. The fraction of sp³-hybridized carbons (Fsp3) is 0.478. The van der Waals surface area contributed by atoms with Crippen LogP contribution >= 0.6 is 0 Å². The Hall–Kier alpha value is -1.56. The van der Waals surface area contributed by atoms with E-state index >= 15 is 0 Å². The first-order valence-corrected chi connectivity index (χ1v) is 8.39. The second-order valence-corrected chi connectivity index (χ2v) is 7.56. The lowest BCUT2D eigenvalue weighted by molar-refractivity contribution is 0.224. The Bertz CT molecular complexity index is 926. The highest BCUT2D eigenvalue weighted by molar-refractivity contribution is 5.68. The predicted octanol–water partition coefficient (Wildman–Crippen LogP) is 6.96. The van der Waals surface area contributed by atoms with Gasteiger partial charge in [0.1, 0.15) is 0 Å². The molecule has 3 rings (SSSR count). The van der Waals surface area contributed by atoms with Crippen molar-refractivity contribution >= 4 is 0 Å². The van der Waals surface area contributed by atoms with E-state index in [9.17, 15) is 0 Å². The quantitative estimate of drug-likeness (QED) is 0.562. The van der Waals surface area contributed by atoms with Crippen molar-refractivity contribution in [3.05, 3.63) is 58.7 Å². The normalized spacial score (nSPS) is 25.1. The average molecular weight is 314 g/mol. The fourth-order valence-electron chi connectivity index (χ4n) is 3.32. The van der Waals surface area contributed by atoms with Gasteiger partial charge in [-0.05, 0) is 91.0 Å². The first-order valence-electron chi connectivity index (χ1n) is 11.9. The van der Waals surface area contributed by atoms with Crippen LogP contribution in [0, 0.1) is 26.0 Å². The molecule has 0 N–H and O–H groups in total. The fourth-order valence-corrected chi connectivity index (χ4v) is 3.32. The van der Waals surface area contributed by atoms with Crippen molar-refractivity contribution in [3.63, 3.8) is 0 Å². The third kappa shape index (κ3) is 3.52. The van der Waals surface area contributed by atoms with Gasteiger partial charge in [-0.15, -0.1) is 0 Å². The molecule has 0 amide bonds. The van der Waals surface area contributed by atoms with Crippen LogP contribution in [0.1, 0.15) is 77.3 Å². The van der Waals surface area contributed by atoms with Gasteiger partial charge in [0.25, 0.3) is 0 Å². The van der Waals surface area contributed by atoms with E-state index in [1.807, 2.05) is 6.07 Å². The average Bonchev–Trinajstić information content (AvgIpc) is 2.63. The van der Waals surface area contributed by atoms with Crippen molar-refractivity contribution < 1.29 is 9.60 Å². The Morgan fingerprint density at radius 2 is 1.70 bits per heavy atom. The highest BCUT2D eigenvalue weighted by Crippen LogP contribution is 2.43. The van der Waals surface area contributed by atoms with Crippen molar-refractivity contribution in [2.45, 2.75) is 66.1 Å². The van der Waals surface area contributed by atoms with E-state index in [-0.39, 0.29) is 16.5 Å². The third-order valence-electron chi connectivity index (χ3n) is 5.18. The summed E-state index contributed by atoms with van der Waals surface area (Å²) < 4.78 is 56.6. The zero-order valence-electron chi connectivity index (χ0n) is 21.3. The summed E-state index contributed by atoms with van der Waals surface area (Å²) in [6.07, 6.45) is 3.27. The molecule has 0 spiro atoms. The molecule has 1 saturated carbocycles. The maximum atomic E-state index is 9.00. The molecule has 122 valence electrons. The molecule has 0 aromatic heterocycles. The van der Waals surface area contributed by atoms with E-state index in [0.29, 0.717) is 29.5 Å². The van der Waals surface area contributed by atoms with E-state index in [1.54, 1.807) is 37.3 Å². The summed E-state index contributed by atoms with van der Waals surface area (Å²) in [6.45, 7) is 1.54. The van der Waals surface area contributed by atoms with E-state index in [1.165, 1.54) is 0 Å². The maximum absolute atomic E-state index is 9.00. The highest BCUT2D eigenvalue weighted by Gasteiger charge is 2.27. The summed E-state index contributed by atoms with van der Waals surface area (Å²) in [5, 5.41) is 0. The molecule has 0 heterocycles. The molecule has 0 heteroatoms. The van der Waals surface area contributed by atoms with Gasteiger partial charge in [-0.1, -0.05) is 50.2 Å². The summed E-state index contributed by atoms with van der Waals surface area (Å²) in [4.78, 5) is 0. The van der Waals surface area contributed by atoms with Crippen LogP contribution in [0.15, 0.2) is 36.4 Å². The topological polar surface area (TPSA) is 0 Å². The lowest BCUT2D eigenvalue weighted by Crippen LogP contribution is -2.20. The predicted molar refractivity (Wildman–Crippen MR) is 101 cm³/mol. The first kappa shape index (κ1) is 9.67. The number of hydrogen-bond acceptors (Lipinski definition) is 0. The van der Waals surface area contributed by atoms with Gasteiger partial charge in [0.15, 0.2) is 0 Å². The summed E-state index contributed by atoms with van der Waals surface area (Å²) in [5.74, 6) is -0.787. The molecule has 0 bridgehead atoms. The van der Waals surface area contributed by atoms with Gasteiger partial charge in [0.05, 0.1) is 0 Å². The largest absolute Gasteiger partial charge is 0.0599 e. The van der Waals surface area contributed by atoms with Crippen LogP contribution in [0.4, 0.5) is 0 Å². The van der Waals surface area contributed by atoms with Crippen molar-refractivity contribution in [3.8, 4) is 11.1 Å².